The van der Waals surface area contributed by atoms with Crippen LogP contribution >= 0.6 is 11.9 Å². The maximum absolute atomic E-state index is 5.54. The van der Waals surface area contributed by atoms with Crippen molar-refractivity contribution in [3.05, 3.63) is 12.3 Å². The summed E-state index contributed by atoms with van der Waals surface area (Å²) in [7, 11) is 0. The lowest BCUT2D eigenvalue weighted by molar-refractivity contribution is 0.294. The molecule has 0 saturated heterocycles. The van der Waals surface area contributed by atoms with Crippen LogP contribution in [0.2, 0.25) is 0 Å². The number of hydrogen-bond donors (Lipinski definition) is 1. The second kappa shape index (κ2) is 3.57. The molecule has 0 unspecified atom stereocenters. The van der Waals surface area contributed by atoms with E-state index in [1.54, 1.807) is 6.20 Å². The first-order valence-electron chi connectivity index (χ1n) is 5.14. The highest BCUT2D eigenvalue weighted by Crippen LogP contribution is 2.39. The van der Waals surface area contributed by atoms with Crippen LogP contribution in [0.3, 0.4) is 0 Å². The molecule has 0 spiro atoms. The minimum Gasteiger partial charge on any atom is -0.474 e. The molecule has 15 heavy (non-hydrogen) atoms. The third-order valence-electron chi connectivity index (χ3n) is 2.81. The van der Waals surface area contributed by atoms with Crippen molar-refractivity contribution >= 4 is 17.6 Å². The number of nitrogens with two attached hydrogens (primary N) is 1. The smallest absolute Gasteiger partial charge is 0.237 e. The van der Waals surface area contributed by atoms with Gasteiger partial charge in [-0.15, -0.1) is 0 Å². The molecule has 2 heterocycles. The largest absolute Gasteiger partial charge is 0.474 e. The fourth-order valence-electron chi connectivity index (χ4n) is 1.93. The number of fused-ring (bicyclic) bond motifs is 1. The number of ether oxygens (including phenoxy) is 1. The van der Waals surface area contributed by atoms with Crippen molar-refractivity contribution in [1.29, 1.82) is 0 Å². The van der Waals surface area contributed by atoms with Crippen molar-refractivity contribution in [2.45, 2.75) is 23.8 Å². The molecule has 2 aliphatic rings. The highest BCUT2D eigenvalue weighted by Gasteiger charge is 2.33. The Hall–Kier alpha value is -0.940. The summed E-state index contributed by atoms with van der Waals surface area (Å²) in [6, 6.07) is 2.78. The second-order valence-electron chi connectivity index (χ2n) is 3.89. The standard InChI is InChI=1S/C10H13N3OS/c11-15-8-5-9-10(12-6-8)14-4-3-13(9)7-1-2-7/h5-7H,1-4,11H2. The van der Waals surface area contributed by atoms with Crippen molar-refractivity contribution in [3.8, 4) is 5.88 Å². The Morgan fingerprint density at radius 3 is 3.13 bits per heavy atom. The Bertz CT molecular complexity index is 381. The summed E-state index contributed by atoms with van der Waals surface area (Å²) >= 11 is 1.23. The highest BCUT2D eigenvalue weighted by molar-refractivity contribution is 7.97. The molecular formula is C10H13N3OS. The molecule has 5 heteroatoms. The van der Waals surface area contributed by atoms with E-state index >= 15 is 0 Å². The van der Waals surface area contributed by atoms with Gasteiger partial charge in [0, 0.05) is 17.1 Å². The van der Waals surface area contributed by atoms with E-state index in [1.807, 2.05) is 0 Å². The Morgan fingerprint density at radius 2 is 2.40 bits per heavy atom. The first-order valence-corrected chi connectivity index (χ1v) is 6.02. The molecule has 3 rings (SSSR count). The van der Waals surface area contributed by atoms with Gasteiger partial charge in [0.1, 0.15) is 12.3 Å². The third kappa shape index (κ3) is 1.66. The summed E-state index contributed by atoms with van der Waals surface area (Å²) < 4.78 is 5.53. The van der Waals surface area contributed by atoms with Gasteiger partial charge in [-0.1, -0.05) is 0 Å². The lowest BCUT2D eigenvalue weighted by Crippen LogP contribution is -2.34. The summed E-state index contributed by atoms with van der Waals surface area (Å²) in [4.78, 5) is 7.67. The van der Waals surface area contributed by atoms with Crippen LogP contribution in [0.5, 0.6) is 5.88 Å². The SMILES string of the molecule is NSc1cnc2c(c1)N(C1CC1)CCO2. The van der Waals surface area contributed by atoms with Crippen LogP contribution in [-0.2, 0) is 0 Å². The first kappa shape index (κ1) is 9.30. The van der Waals surface area contributed by atoms with Gasteiger partial charge < -0.3 is 9.64 Å². The summed E-state index contributed by atoms with van der Waals surface area (Å²) in [5.41, 5.74) is 1.11. The average molecular weight is 223 g/mol. The molecule has 0 amide bonds. The Kier molecular flexibility index (Phi) is 2.21. The Morgan fingerprint density at radius 1 is 1.53 bits per heavy atom. The minimum atomic E-state index is 0.701. The van der Waals surface area contributed by atoms with Crippen molar-refractivity contribution < 1.29 is 4.74 Å². The number of aromatic nitrogens is 1. The van der Waals surface area contributed by atoms with Crippen LogP contribution < -0.4 is 14.8 Å². The molecule has 1 saturated carbocycles. The van der Waals surface area contributed by atoms with Gasteiger partial charge in [0.05, 0.1) is 6.54 Å². The lowest BCUT2D eigenvalue weighted by atomic mass is 10.3. The molecule has 0 aromatic carbocycles. The van der Waals surface area contributed by atoms with Gasteiger partial charge in [0.25, 0.3) is 0 Å². The van der Waals surface area contributed by atoms with Gasteiger partial charge in [0.2, 0.25) is 5.88 Å². The van der Waals surface area contributed by atoms with Gasteiger partial charge >= 0.3 is 0 Å². The topological polar surface area (TPSA) is 51.4 Å². The van der Waals surface area contributed by atoms with Crippen LogP contribution in [0.1, 0.15) is 12.8 Å². The van der Waals surface area contributed by atoms with Gasteiger partial charge in [0.15, 0.2) is 0 Å². The van der Waals surface area contributed by atoms with Gasteiger partial charge in [-0.25, -0.2) is 4.98 Å². The maximum Gasteiger partial charge on any atom is 0.237 e. The fourth-order valence-corrected chi connectivity index (χ4v) is 2.22. The zero-order chi connectivity index (χ0) is 10.3. The maximum atomic E-state index is 5.54. The van der Waals surface area contributed by atoms with E-state index in [0.29, 0.717) is 6.04 Å². The minimum absolute atomic E-state index is 0.701. The zero-order valence-corrected chi connectivity index (χ0v) is 9.17. The van der Waals surface area contributed by atoms with Crippen LogP contribution in [-0.4, -0.2) is 24.2 Å². The summed E-state index contributed by atoms with van der Waals surface area (Å²) in [6.45, 7) is 1.71. The lowest BCUT2D eigenvalue weighted by Gasteiger charge is -2.30. The van der Waals surface area contributed by atoms with E-state index in [1.165, 1.54) is 24.8 Å². The van der Waals surface area contributed by atoms with Crippen LogP contribution in [0, 0.1) is 0 Å². The predicted octanol–water partition coefficient (Wildman–Crippen LogP) is 1.41. The van der Waals surface area contributed by atoms with Gasteiger partial charge in [-0.3, -0.25) is 5.14 Å². The number of anilines is 1. The summed E-state index contributed by atoms with van der Waals surface area (Å²) in [5.74, 6) is 0.756. The quantitative estimate of drug-likeness (QED) is 0.768. The molecule has 1 aliphatic heterocycles. The van der Waals surface area contributed by atoms with Crippen molar-refractivity contribution in [2.75, 3.05) is 18.1 Å². The normalized spacial score (nSPS) is 19.7. The number of rotatable bonds is 2. The molecule has 1 aliphatic carbocycles. The van der Waals surface area contributed by atoms with E-state index in [4.69, 9.17) is 9.88 Å². The highest BCUT2D eigenvalue weighted by atomic mass is 32.2. The van der Waals surface area contributed by atoms with Crippen LogP contribution in [0.4, 0.5) is 5.69 Å². The predicted molar refractivity (Wildman–Crippen MR) is 60.1 cm³/mol. The number of hydrogen-bond acceptors (Lipinski definition) is 5. The fraction of sp³-hybridized carbons (Fsp3) is 0.500. The molecule has 1 aromatic rings. The molecule has 4 nitrogen and oxygen atoms in total. The summed E-state index contributed by atoms with van der Waals surface area (Å²) in [5, 5.41) is 5.54. The van der Waals surface area contributed by atoms with E-state index in [-0.39, 0.29) is 0 Å². The van der Waals surface area contributed by atoms with Gasteiger partial charge in [-0.05, 0) is 30.9 Å². The van der Waals surface area contributed by atoms with Crippen LogP contribution in [0.15, 0.2) is 17.2 Å². The number of pyridine rings is 1. The molecule has 0 radical (unpaired) electrons. The second-order valence-corrected chi connectivity index (χ2v) is 4.59. The molecule has 1 aromatic heterocycles. The molecular weight excluding hydrogens is 210 g/mol. The molecule has 0 bridgehead atoms. The average Bonchev–Trinajstić information content (AvgIpc) is 3.11. The molecule has 0 atom stereocenters. The Balaban J connectivity index is 1.99. The van der Waals surface area contributed by atoms with E-state index < -0.39 is 0 Å². The van der Waals surface area contributed by atoms with Crippen molar-refractivity contribution in [3.63, 3.8) is 0 Å². The van der Waals surface area contributed by atoms with E-state index in [0.717, 1.165) is 29.6 Å². The Labute approximate surface area is 92.9 Å². The van der Waals surface area contributed by atoms with Crippen molar-refractivity contribution in [2.24, 2.45) is 5.14 Å². The summed E-state index contributed by atoms with van der Waals surface area (Å²) in [6.07, 6.45) is 4.35. The van der Waals surface area contributed by atoms with Crippen LogP contribution in [0.25, 0.3) is 0 Å². The molecule has 1 fully saturated rings. The monoisotopic (exact) mass is 223 g/mol. The van der Waals surface area contributed by atoms with E-state index in [9.17, 15) is 0 Å². The molecule has 2 N–H and O–H groups in total. The first-order chi connectivity index (χ1) is 7.38. The van der Waals surface area contributed by atoms with Crippen molar-refractivity contribution in [1.82, 2.24) is 4.98 Å². The third-order valence-corrected chi connectivity index (χ3v) is 3.31. The van der Waals surface area contributed by atoms with E-state index in [2.05, 4.69) is 16.0 Å². The zero-order valence-electron chi connectivity index (χ0n) is 8.35. The molecule has 80 valence electrons. The van der Waals surface area contributed by atoms with Gasteiger partial charge in [-0.2, -0.15) is 0 Å². The number of nitrogens with zero attached hydrogens (tertiary/aromatic N) is 2.